The van der Waals surface area contributed by atoms with Gasteiger partial charge in [-0.05, 0) is 18.9 Å². The van der Waals surface area contributed by atoms with Crippen LogP contribution in [0.5, 0.6) is 0 Å². The maximum Gasteiger partial charge on any atom is 0.0976 e. The minimum atomic E-state index is 0.428. The predicted molar refractivity (Wildman–Crippen MR) is 70.3 cm³/mol. The maximum absolute atomic E-state index is 5.98. The fourth-order valence-electron chi connectivity index (χ4n) is 2.07. The lowest BCUT2D eigenvalue weighted by Crippen LogP contribution is -1.95. The highest BCUT2D eigenvalue weighted by atomic mass is 35.5. The molecule has 4 heteroatoms. The van der Waals surface area contributed by atoms with Gasteiger partial charge in [0, 0.05) is 36.3 Å². The molecule has 0 amide bonds. The molecule has 17 heavy (non-hydrogen) atoms. The lowest BCUT2D eigenvalue weighted by atomic mass is 9.98. The number of nitrogens with zero attached hydrogens (tertiary/aromatic N) is 3. The van der Waals surface area contributed by atoms with Crippen molar-refractivity contribution in [1.82, 2.24) is 14.8 Å². The Balaban J connectivity index is 2.63. The standard InChI is InChI=1S/C13H16ClN3/c1-8(2)12-9(3)17(4)16-13(12)10-5-11(14)7-15-6-10/h5-8H,1-4H3. The van der Waals surface area contributed by atoms with Gasteiger partial charge < -0.3 is 0 Å². The third-order valence-electron chi connectivity index (χ3n) is 2.94. The summed E-state index contributed by atoms with van der Waals surface area (Å²) < 4.78 is 1.91. The first-order valence-corrected chi connectivity index (χ1v) is 6.03. The van der Waals surface area contributed by atoms with Crippen molar-refractivity contribution in [2.45, 2.75) is 26.7 Å². The SMILES string of the molecule is Cc1c(C(C)C)c(-c2cncc(Cl)c2)nn1C. The summed E-state index contributed by atoms with van der Waals surface area (Å²) >= 11 is 5.98. The van der Waals surface area contributed by atoms with Gasteiger partial charge in [-0.25, -0.2) is 0 Å². The first-order chi connectivity index (χ1) is 8.00. The van der Waals surface area contributed by atoms with Gasteiger partial charge in [0.1, 0.15) is 0 Å². The summed E-state index contributed by atoms with van der Waals surface area (Å²) in [5.74, 6) is 0.428. The largest absolute Gasteiger partial charge is 0.272 e. The number of hydrogen-bond acceptors (Lipinski definition) is 2. The van der Waals surface area contributed by atoms with Crippen molar-refractivity contribution in [2.75, 3.05) is 0 Å². The lowest BCUT2D eigenvalue weighted by molar-refractivity contribution is 0.735. The third-order valence-corrected chi connectivity index (χ3v) is 3.14. The van der Waals surface area contributed by atoms with Gasteiger partial charge >= 0.3 is 0 Å². The molecular weight excluding hydrogens is 234 g/mol. The highest BCUT2D eigenvalue weighted by molar-refractivity contribution is 6.30. The molecule has 0 aliphatic rings. The van der Waals surface area contributed by atoms with Crippen LogP contribution < -0.4 is 0 Å². The van der Waals surface area contributed by atoms with E-state index in [0.29, 0.717) is 10.9 Å². The highest BCUT2D eigenvalue weighted by Crippen LogP contribution is 2.31. The van der Waals surface area contributed by atoms with E-state index in [0.717, 1.165) is 11.3 Å². The second kappa shape index (κ2) is 4.49. The summed E-state index contributed by atoms with van der Waals surface area (Å²) in [6.07, 6.45) is 3.44. The Morgan fingerprint density at radius 3 is 2.59 bits per heavy atom. The van der Waals surface area contributed by atoms with E-state index in [1.165, 1.54) is 11.3 Å². The molecular formula is C13H16ClN3. The van der Waals surface area contributed by atoms with E-state index in [9.17, 15) is 0 Å². The fourth-order valence-corrected chi connectivity index (χ4v) is 2.24. The van der Waals surface area contributed by atoms with E-state index in [-0.39, 0.29) is 0 Å². The van der Waals surface area contributed by atoms with Gasteiger partial charge in [0.15, 0.2) is 0 Å². The Morgan fingerprint density at radius 1 is 1.29 bits per heavy atom. The van der Waals surface area contributed by atoms with Crippen LogP contribution >= 0.6 is 11.6 Å². The van der Waals surface area contributed by atoms with E-state index in [1.807, 2.05) is 17.8 Å². The molecule has 90 valence electrons. The molecule has 0 N–H and O–H groups in total. The third kappa shape index (κ3) is 2.20. The summed E-state index contributed by atoms with van der Waals surface area (Å²) in [6, 6.07) is 1.90. The Bertz CT molecular complexity index is 544. The Labute approximate surface area is 106 Å². The molecule has 0 spiro atoms. The van der Waals surface area contributed by atoms with Crippen LogP contribution in [0.25, 0.3) is 11.3 Å². The van der Waals surface area contributed by atoms with E-state index in [4.69, 9.17) is 11.6 Å². The van der Waals surface area contributed by atoms with Crippen LogP contribution in [0.1, 0.15) is 31.0 Å². The van der Waals surface area contributed by atoms with Gasteiger partial charge in [-0.15, -0.1) is 0 Å². The molecule has 3 nitrogen and oxygen atoms in total. The molecule has 0 radical (unpaired) electrons. The van der Waals surface area contributed by atoms with Gasteiger partial charge in [0.2, 0.25) is 0 Å². The quantitative estimate of drug-likeness (QED) is 0.815. The summed E-state index contributed by atoms with van der Waals surface area (Å²) in [5.41, 5.74) is 4.41. The van der Waals surface area contributed by atoms with Crippen LogP contribution in [-0.2, 0) is 7.05 Å². The molecule has 2 rings (SSSR count). The molecule has 2 aromatic rings. The molecule has 0 aliphatic heterocycles. The fraction of sp³-hybridized carbons (Fsp3) is 0.385. The zero-order valence-corrected chi connectivity index (χ0v) is 11.3. The van der Waals surface area contributed by atoms with Crippen molar-refractivity contribution >= 4 is 11.6 Å². The molecule has 2 heterocycles. The molecule has 0 atom stereocenters. The van der Waals surface area contributed by atoms with Crippen molar-refractivity contribution in [3.8, 4) is 11.3 Å². The van der Waals surface area contributed by atoms with Crippen molar-refractivity contribution in [1.29, 1.82) is 0 Å². The van der Waals surface area contributed by atoms with Crippen LogP contribution in [0, 0.1) is 6.92 Å². The first-order valence-electron chi connectivity index (χ1n) is 5.65. The Morgan fingerprint density at radius 2 is 2.00 bits per heavy atom. The number of halogens is 1. The molecule has 0 saturated heterocycles. The van der Waals surface area contributed by atoms with Crippen LogP contribution in [0.3, 0.4) is 0 Å². The first kappa shape index (κ1) is 12.1. The molecule has 0 aromatic carbocycles. The van der Waals surface area contributed by atoms with Crippen molar-refractivity contribution in [2.24, 2.45) is 7.05 Å². The van der Waals surface area contributed by atoms with Gasteiger partial charge in [0.25, 0.3) is 0 Å². The van der Waals surface area contributed by atoms with Crippen LogP contribution in [0.4, 0.5) is 0 Å². The number of hydrogen-bond donors (Lipinski definition) is 0. The smallest absolute Gasteiger partial charge is 0.0976 e. The number of rotatable bonds is 2. The van der Waals surface area contributed by atoms with Gasteiger partial charge in [-0.1, -0.05) is 25.4 Å². The zero-order chi connectivity index (χ0) is 12.6. The highest BCUT2D eigenvalue weighted by Gasteiger charge is 2.17. The minimum absolute atomic E-state index is 0.428. The lowest BCUT2D eigenvalue weighted by Gasteiger charge is -2.07. The number of pyridine rings is 1. The van der Waals surface area contributed by atoms with Gasteiger partial charge in [-0.3, -0.25) is 9.67 Å². The summed E-state index contributed by atoms with van der Waals surface area (Å²) in [4.78, 5) is 4.12. The van der Waals surface area contributed by atoms with E-state index in [1.54, 1.807) is 12.4 Å². The average molecular weight is 250 g/mol. The Kier molecular flexibility index (Phi) is 3.20. The second-order valence-corrected chi connectivity index (χ2v) is 4.95. The molecule has 0 fully saturated rings. The van der Waals surface area contributed by atoms with E-state index < -0.39 is 0 Å². The molecule has 0 aliphatic carbocycles. The average Bonchev–Trinajstić information content (AvgIpc) is 2.55. The van der Waals surface area contributed by atoms with Gasteiger partial charge in [0.05, 0.1) is 10.7 Å². The number of aryl methyl sites for hydroxylation is 1. The van der Waals surface area contributed by atoms with Crippen LogP contribution in [0.15, 0.2) is 18.5 Å². The van der Waals surface area contributed by atoms with Crippen molar-refractivity contribution in [3.05, 3.63) is 34.7 Å². The zero-order valence-electron chi connectivity index (χ0n) is 10.5. The molecule has 0 saturated carbocycles. The molecule has 0 unspecified atom stereocenters. The second-order valence-electron chi connectivity index (χ2n) is 4.52. The molecule has 0 bridgehead atoms. The topological polar surface area (TPSA) is 30.7 Å². The predicted octanol–water partition coefficient (Wildman–Crippen LogP) is 3.57. The van der Waals surface area contributed by atoms with Gasteiger partial charge in [-0.2, -0.15) is 5.10 Å². The summed E-state index contributed by atoms with van der Waals surface area (Å²) in [6.45, 7) is 6.43. The minimum Gasteiger partial charge on any atom is -0.272 e. The normalized spacial score (nSPS) is 11.2. The Hall–Kier alpha value is -1.35. The molecule has 2 aromatic heterocycles. The van der Waals surface area contributed by atoms with E-state index >= 15 is 0 Å². The van der Waals surface area contributed by atoms with E-state index in [2.05, 4.69) is 30.9 Å². The number of aromatic nitrogens is 3. The van der Waals surface area contributed by atoms with Crippen molar-refractivity contribution < 1.29 is 0 Å². The van der Waals surface area contributed by atoms with Crippen LogP contribution in [-0.4, -0.2) is 14.8 Å². The maximum atomic E-state index is 5.98. The van der Waals surface area contributed by atoms with Crippen LogP contribution in [0.2, 0.25) is 5.02 Å². The van der Waals surface area contributed by atoms with Crippen molar-refractivity contribution in [3.63, 3.8) is 0 Å². The monoisotopic (exact) mass is 249 g/mol. The summed E-state index contributed by atoms with van der Waals surface area (Å²) in [5, 5.41) is 5.20. The summed E-state index contributed by atoms with van der Waals surface area (Å²) in [7, 11) is 1.96.